The van der Waals surface area contributed by atoms with Crippen LogP contribution in [0.15, 0.2) is 83.8 Å². The normalized spacial score (nSPS) is 11.0. The van der Waals surface area contributed by atoms with Crippen LogP contribution in [0.5, 0.6) is 0 Å². The molecule has 0 N–H and O–H groups in total. The number of esters is 1. The maximum atomic E-state index is 13.7. The van der Waals surface area contributed by atoms with Crippen molar-refractivity contribution < 1.29 is 27.1 Å². The number of ether oxygens (including phenoxy) is 1. The van der Waals surface area contributed by atoms with Crippen molar-refractivity contribution in [1.82, 2.24) is 0 Å². The first-order valence-corrected chi connectivity index (χ1v) is 10.3. The van der Waals surface area contributed by atoms with Crippen molar-refractivity contribution in [2.45, 2.75) is 4.90 Å². The van der Waals surface area contributed by atoms with Gasteiger partial charge in [0.1, 0.15) is 5.82 Å². The minimum absolute atomic E-state index is 0.0427. The Morgan fingerprint density at radius 3 is 2.30 bits per heavy atom. The second-order valence-corrected chi connectivity index (χ2v) is 8.28. The highest BCUT2D eigenvalue weighted by Crippen LogP contribution is 2.22. The van der Waals surface area contributed by atoms with E-state index in [9.17, 15) is 22.4 Å². The quantitative estimate of drug-likeness (QED) is 0.424. The smallest absolute Gasteiger partial charge is 0.338 e. The molecule has 6 nitrogen and oxygen atoms in total. The molecule has 154 valence electrons. The molecule has 0 bridgehead atoms. The van der Waals surface area contributed by atoms with E-state index < -0.39 is 34.2 Å². The fourth-order valence-corrected chi connectivity index (χ4v) is 3.94. The number of Topliss-reactive ketones (excluding diaryl/α,β-unsaturated/α-hetero) is 1. The van der Waals surface area contributed by atoms with Crippen LogP contribution in [0.4, 0.5) is 10.1 Å². The standard InChI is InChI=1S/C22H18FNO5S/c1-24(17-9-3-2-4-10-17)30(27,28)18-11-7-8-16(14-18)22(26)29-15-21(25)19-12-5-6-13-20(19)23/h2-14H,15H2,1H3. The minimum atomic E-state index is -3.92. The largest absolute Gasteiger partial charge is 0.454 e. The number of halogens is 1. The Labute approximate surface area is 173 Å². The van der Waals surface area contributed by atoms with Crippen LogP contribution in [0.25, 0.3) is 0 Å². The molecule has 0 saturated heterocycles. The first-order chi connectivity index (χ1) is 14.3. The number of carbonyl (C=O) groups is 2. The predicted molar refractivity (Wildman–Crippen MR) is 109 cm³/mol. The lowest BCUT2D eigenvalue weighted by molar-refractivity contribution is 0.0473. The Morgan fingerprint density at radius 1 is 0.933 bits per heavy atom. The molecule has 0 atom stereocenters. The molecular formula is C22H18FNO5S. The van der Waals surface area contributed by atoms with Gasteiger partial charge in [-0.1, -0.05) is 36.4 Å². The molecule has 0 amide bonds. The summed E-state index contributed by atoms with van der Waals surface area (Å²) < 4.78 is 45.4. The lowest BCUT2D eigenvalue weighted by Crippen LogP contribution is -2.26. The molecule has 0 aliphatic rings. The summed E-state index contributed by atoms with van der Waals surface area (Å²) in [7, 11) is -2.51. The lowest BCUT2D eigenvalue weighted by Gasteiger charge is -2.19. The van der Waals surface area contributed by atoms with Gasteiger partial charge < -0.3 is 4.74 Å². The van der Waals surface area contributed by atoms with Gasteiger partial charge in [0.25, 0.3) is 10.0 Å². The third-order valence-corrected chi connectivity index (χ3v) is 6.14. The number of benzene rings is 3. The lowest BCUT2D eigenvalue weighted by atomic mass is 10.1. The topological polar surface area (TPSA) is 80.8 Å². The van der Waals surface area contributed by atoms with Crippen LogP contribution in [-0.2, 0) is 14.8 Å². The molecule has 0 heterocycles. The summed E-state index contributed by atoms with van der Waals surface area (Å²) >= 11 is 0. The van der Waals surface area contributed by atoms with Gasteiger partial charge in [-0.3, -0.25) is 9.10 Å². The molecule has 3 rings (SSSR count). The number of hydrogen-bond donors (Lipinski definition) is 0. The summed E-state index contributed by atoms with van der Waals surface area (Å²) in [6.45, 7) is -0.666. The summed E-state index contributed by atoms with van der Waals surface area (Å²) in [5.74, 6) is -2.30. The van der Waals surface area contributed by atoms with E-state index in [2.05, 4.69) is 0 Å². The summed E-state index contributed by atoms with van der Waals surface area (Å²) in [5.41, 5.74) is 0.228. The van der Waals surface area contributed by atoms with Crippen LogP contribution in [0.1, 0.15) is 20.7 Å². The molecule has 0 aliphatic heterocycles. The highest BCUT2D eigenvalue weighted by molar-refractivity contribution is 7.92. The Kier molecular flexibility index (Phi) is 6.27. The van der Waals surface area contributed by atoms with Crippen molar-refractivity contribution >= 4 is 27.5 Å². The molecule has 3 aromatic carbocycles. The first kappa shape index (κ1) is 21.2. The summed E-state index contributed by atoms with van der Waals surface area (Å²) in [6, 6.07) is 19.1. The van der Waals surface area contributed by atoms with E-state index in [1.165, 1.54) is 49.5 Å². The Hall–Kier alpha value is -3.52. The number of para-hydroxylation sites is 1. The molecule has 8 heteroatoms. The van der Waals surface area contributed by atoms with Gasteiger partial charge in [0.05, 0.1) is 21.7 Å². The second-order valence-electron chi connectivity index (χ2n) is 6.32. The number of carbonyl (C=O) groups excluding carboxylic acids is 2. The van der Waals surface area contributed by atoms with E-state index in [4.69, 9.17) is 4.74 Å². The molecule has 0 unspecified atom stereocenters. The van der Waals surface area contributed by atoms with Crippen molar-refractivity contribution in [1.29, 1.82) is 0 Å². The third-order valence-electron chi connectivity index (χ3n) is 4.36. The first-order valence-electron chi connectivity index (χ1n) is 8.89. The molecule has 3 aromatic rings. The fourth-order valence-electron chi connectivity index (χ4n) is 2.70. The van der Waals surface area contributed by atoms with Gasteiger partial charge in [-0.05, 0) is 42.5 Å². The van der Waals surface area contributed by atoms with Gasteiger partial charge >= 0.3 is 5.97 Å². The number of anilines is 1. The third kappa shape index (κ3) is 4.55. The van der Waals surface area contributed by atoms with Gasteiger partial charge in [-0.25, -0.2) is 17.6 Å². The van der Waals surface area contributed by atoms with Crippen molar-refractivity contribution in [3.05, 3.63) is 95.8 Å². The summed E-state index contributed by atoms with van der Waals surface area (Å²) in [6.07, 6.45) is 0. The predicted octanol–water partition coefficient (Wildman–Crippen LogP) is 3.69. The van der Waals surface area contributed by atoms with Gasteiger partial charge in [-0.2, -0.15) is 0 Å². The van der Waals surface area contributed by atoms with Gasteiger partial charge in [-0.15, -0.1) is 0 Å². The van der Waals surface area contributed by atoms with Crippen LogP contribution in [0, 0.1) is 5.82 Å². The molecule has 0 aromatic heterocycles. The van der Waals surface area contributed by atoms with Crippen molar-refractivity contribution in [3.8, 4) is 0 Å². The Bertz CT molecular complexity index is 1180. The molecule has 0 fully saturated rings. The molecule has 0 aliphatic carbocycles. The average molecular weight is 427 g/mol. The van der Waals surface area contributed by atoms with Crippen LogP contribution in [-0.4, -0.2) is 33.8 Å². The Balaban J connectivity index is 1.75. The molecule has 0 radical (unpaired) electrons. The molecule has 0 spiro atoms. The maximum Gasteiger partial charge on any atom is 0.338 e. The summed E-state index contributed by atoms with van der Waals surface area (Å²) in [4.78, 5) is 24.3. The minimum Gasteiger partial charge on any atom is -0.454 e. The number of nitrogens with zero attached hydrogens (tertiary/aromatic N) is 1. The zero-order valence-electron chi connectivity index (χ0n) is 16.0. The van der Waals surface area contributed by atoms with Crippen LogP contribution in [0.2, 0.25) is 0 Å². The van der Waals surface area contributed by atoms with E-state index in [1.807, 2.05) is 0 Å². The highest BCUT2D eigenvalue weighted by atomic mass is 32.2. The molecule has 0 saturated carbocycles. The number of ketones is 1. The van der Waals surface area contributed by atoms with Gasteiger partial charge in [0, 0.05) is 7.05 Å². The molecular weight excluding hydrogens is 409 g/mol. The van der Waals surface area contributed by atoms with Crippen LogP contribution >= 0.6 is 0 Å². The zero-order chi connectivity index (χ0) is 21.7. The van der Waals surface area contributed by atoms with E-state index in [0.29, 0.717) is 5.69 Å². The van der Waals surface area contributed by atoms with Crippen LogP contribution in [0.3, 0.4) is 0 Å². The number of hydrogen-bond acceptors (Lipinski definition) is 5. The number of rotatable bonds is 7. The van der Waals surface area contributed by atoms with E-state index in [0.717, 1.165) is 10.4 Å². The van der Waals surface area contributed by atoms with Crippen molar-refractivity contribution in [3.63, 3.8) is 0 Å². The van der Waals surface area contributed by atoms with E-state index >= 15 is 0 Å². The van der Waals surface area contributed by atoms with Crippen molar-refractivity contribution in [2.75, 3.05) is 18.0 Å². The Morgan fingerprint density at radius 2 is 1.60 bits per heavy atom. The SMILES string of the molecule is CN(c1ccccc1)S(=O)(=O)c1cccc(C(=O)OCC(=O)c2ccccc2F)c1. The van der Waals surface area contributed by atoms with Crippen LogP contribution < -0.4 is 4.31 Å². The van der Waals surface area contributed by atoms with E-state index in [1.54, 1.807) is 30.3 Å². The number of sulfonamides is 1. The highest BCUT2D eigenvalue weighted by Gasteiger charge is 2.23. The van der Waals surface area contributed by atoms with E-state index in [-0.39, 0.29) is 16.0 Å². The maximum absolute atomic E-state index is 13.7. The molecule has 30 heavy (non-hydrogen) atoms. The monoisotopic (exact) mass is 427 g/mol. The van der Waals surface area contributed by atoms with Gasteiger partial charge in [0.2, 0.25) is 5.78 Å². The fraction of sp³-hybridized carbons (Fsp3) is 0.0909. The van der Waals surface area contributed by atoms with Gasteiger partial charge in [0.15, 0.2) is 6.61 Å². The summed E-state index contributed by atoms with van der Waals surface area (Å²) in [5, 5.41) is 0. The zero-order valence-corrected chi connectivity index (χ0v) is 16.8. The average Bonchev–Trinajstić information content (AvgIpc) is 2.77. The second kappa shape index (κ2) is 8.87. The van der Waals surface area contributed by atoms with Crippen molar-refractivity contribution in [2.24, 2.45) is 0 Å².